The summed E-state index contributed by atoms with van der Waals surface area (Å²) in [6, 6.07) is 5.93. The third-order valence-corrected chi connectivity index (χ3v) is 3.77. The van der Waals surface area contributed by atoms with Crippen LogP contribution in [0, 0.1) is 13.8 Å². The summed E-state index contributed by atoms with van der Waals surface area (Å²) in [5.74, 6) is 0.0975. The van der Waals surface area contributed by atoms with Gasteiger partial charge in [0.1, 0.15) is 0 Å². The van der Waals surface area contributed by atoms with Crippen LogP contribution in [0.25, 0.3) is 10.9 Å². The van der Waals surface area contributed by atoms with Gasteiger partial charge >= 0.3 is 0 Å². The first kappa shape index (κ1) is 13.7. The summed E-state index contributed by atoms with van der Waals surface area (Å²) < 4.78 is 0. The molecule has 0 aliphatic carbocycles. The quantitative estimate of drug-likeness (QED) is 0.892. The highest BCUT2D eigenvalue weighted by atomic mass is 16.2. The van der Waals surface area contributed by atoms with E-state index in [2.05, 4.69) is 24.9 Å². The lowest BCUT2D eigenvalue weighted by atomic mass is 10.1. The summed E-state index contributed by atoms with van der Waals surface area (Å²) in [5.41, 5.74) is 4.09. The number of unbranched alkanes of at least 4 members (excludes halogenated alkanes) is 1. The Hall–Kier alpha value is -1.77. The molecule has 0 aliphatic heterocycles. The van der Waals surface area contributed by atoms with Gasteiger partial charge in [-0.1, -0.05) is 25.5 Å². The van der Waals surface area contributed by atoms with Gasteiger partial charge in [-0.3, -0.25) is 4.79 Å². The molecule has 1 N–H and O–H groups in total. The van der Waals surface area contributed by atoms with Crippen molar-refractivity contribution in [1.82, 2.24) is 9.88 Å². The van der Waals surface area contributed by atoms with E-state index in [0.717, 1.165) is 41.5 Å². The summed E-state index contributed by atoms with van der Waals surface area (Å²) in [4.78, 5) is 17.6. The molecule has 0 aliphatic rings. The Morgan fingerprint density at radius 1 is 1.32 bits per heavy atom. The van der Waals surface area contributed by atoms with E-state index >= 15 is 0 Å². The fourth-order valence-electron chi connectivity index (χ4n) is 2.36. The number of benzene rings is 1. The zero-order chi connectivity index (χ0) is 14.0. The molecule has 1 aromatic heterocycles. The van der Waals surface area contributed by atoms with Gasteiger partial charge in [0.2, 0.25) is 0 Å². The number of para-hydroxylation sites is 1. The normalized spacial score (nSPS) is 10.9. The van der Waals surface area contributed by atoms with Crippen LogP contribution in [-0.2, 0) is 0 Å². The first-order valence-corrected chi connectivity index (χ1v) is 6.89. The predicted octanol–water partition coefficient (Wildman–Crippen LogP) is 3.66. The van der Waals surface area contributed by atoms with Crippen molar-refractivity contribution in [2.24, 2.45) is 0 Å². The highest BCUT2D eigenvalue weighted by molar-refractivity contribution is 6.06. The number of nitrogens with zero attached hydrogens (tertiary/aromatic N) is 1. The van der Waals surface area contributed by atoms with Crippen molar-refractivity contribution in [1.29, 1.82) is 0 Å². The van der Waals surface area contributed by atoms with E-state index in [-0.39, 0.29) is 5.91 Å². The standard InChI is InChI=1S/C16H22N2O/c1-5-6-10-18(4)16(19)14-9-7-8-13-11(2)12(3)17-15(13)14/h7-9,17H,5-6,10H2,1-4H3. The van der Waals surface area contributed by atoms with E-state index in [1.54, 1.807) is 0 Å². The maximum atomic E-state index is 12.5. The number of hydrogen-bond acceptors (Lipinski definition) is 1. The van der Waals surface area contributed by atoms with Crippen molar-refractivity contribution in [3.05, 3.63) is 35.0 Å². The molecule has 0 radical (unpaired) electrons. The van der Waals surface area contributed by atoms with Gasteiger partial charge in [0.15, 0.2) is 0 Å². The van der Waals surface area contributed by atoms with E-state index in [9.17, 15) is 4.79 Å². The minimum absolute atomic E-state index is 0.0975. The summed E-state index contributed by atoms with van der Waals surface area (Å²) >= 11 is 0. The van der Waals surface area contributed by atoms with Crippen LogP contribution in [0.2, 0.25) is 0 Å². The molecule has 0 spiro atoms. The lowest BCUT2D eigenvalue weighted by Crippen LogP contribution is -2.27. The third kappa shape index (κ3) is 2.50. The molecular weight excluding hydrogens is 236 g/mol. The number of hydrogen-bond donors (Lipinski definition) is 1. The Balaban J connectivity index is 2.39. The van der Waals surface area contributed by atoms with Gasteiger partial charge in [-0.25, -0.2) is 0 Å². The molecule has 2 aromatic rings. The Morgan fingerprint density at radius 3 is 2.74 bits per heavy atom. The second-order valence-corrected chi connectivity index (χ2v) is 5.18. The molecule has 0 fully saturated rings. The topological polar surface area (TPSA) is 36.1 Å². The van der Waals surface area contributed by atoms with Crippen molar-refractivity contribution < 1.29 is 4.79 Å². The molecule has 19 heavy (non-hydrogen) atoms. The molecule has 1 aromatic carbocycles. The molecule has 0 saturated carbocycles. The van der Waals surface area contributed by atoms with Crippen molar-refractivity contribution in [2.45, 2.75) is 33.6 Å². The van der Waals surface area contributed by atoms with E-state index < -0.39 is 0 Å². The zero-order valence-electron chi connectivity index (χ0n) is 12.2. The summed E-state index contributed by atoms with van der Waals surface area (Å²) in [6.07, 6.45) is 2.14. The molecular formula is C16H22N2O. The van der Waals surface area contributed by atoms with Gasteiger partial charge < -0.3 is 9.88 Å². The second-order valence-electron chi connectivity index (χ2n) is 5.18. The molecule has 1 heterocycles. The summed E-state index contributed by atoms with van der Waals surface area (Å²) in [7, 11) is 1.87. The largest absolute Gasteiger partial charge is 0.358 e. The van der Waals surface area contributed by atoms with Crippen molar-refractivity contribution in [3.63, 3.8) is 0 Å². The first-order valence-electron chi connectivity index (χ1n) is 6.89. The third-order valence-electron chi connectivity index (χ3n) is 3.77. The highest BCUT2D eigenvalue weighted by Crippen LogP contribution is 2.24. The SMILES string of the molecule is CCCCN(C)C(=O)c1cccc2c(C)c(C)[nH]c12. The van der Waals surface area contributed by atoms with Crippen molar-refractivity contribution in [2.75, 3.05) is 13.6 Å². The Morgan fingerprint density at radius 2 is 2.05 bits per heavy atom. The predicted molar refractivity (Wildman–Crippen MR) is 79.6 cm³/mol. The van der Waals surface area contributed by atoms with Crippen LogP contribution in [-0.4, -0.2) is 29.4 Å². The minimum atomic E-state index is 0.0975. The Labute approximate surface area is 114 Å². The smallest absolute Gasteiger partial charge is 0.255 e. The van der Waals surface area contributed by atoms with Crippen molar-refractivity contribution >= 4 is 16.8 Å². The maximum Gasteiger partial charge on any atom is 0.255 e. The van der Waals surface area contributed by atoms with Crippen LogP contribution in [0.3, 0.4) is 0 Å². The molecule has 1 amide bonds. The monoisotopic (exact) mass is 258 g/mol. The number of amides is 1. The van der Waals surface area contributed by atoms with Crippen molar-refractivity contribution in [3.8, 4) is 0 Å². The van der Waals surface area contributed by atoms with Crippen LogP contribution >= 0.6 is 0 Å². The van der Waals surface area contributed by atoms with Gasteiger partial charge in [-0.15, -0.1) is 0 Å². The van der Waals surface area contributed by atoms with E-state index in [0.29, 0.717) is 0 Å². The molecule has 0 atom stereocenters. The fraction of sp³-hybridized carbons (Fsp3) is 0.438. The molecule has 0 saturated heterocycles. The number of aryl methyl sites for hydroxylation is 2. The number of rotatable bonds is 4. The lowest BCUT2D eigenvalue weighted by molar-refractivity contribution is 0.0795. The molecule has 0 bridgehead atoms. The second kappa shape index (κ2) is 5.47. The minimum Gasteiger partial charge on any atom is -0.358 e. The molecule has 2 rings (SSSR count). The van der Waals surface area contributed by atoms with Crippen LogP contribution in [0.15, 0.2) is 18.2 Å². The van der Waals surface area contributed by atoms with Gasteiger partial charge in [0, 0.05) is 24.7 Å². The van der Waals surface area contributed by atoms with Gasteiger partial charge in [0.25, 0.3) is 5.91 Å². The maximum absolute atomic E-state index is 12.5. The van der Waals surface area contributed by atoms with Gasteiger partial charge in [0.05, 0.1) is 11.1 Å². The lowest BCUT2D eigenvalue weighted by Gasteiger charge is -2.17. The molecule has 102 valence electrons. The van der Waals surface area contributed by atoms with Crippen LogP contribution in [0.4, 0.5) is 0 Å². The van der Waals surface area contributed by atoms with Crippen LogP contribution in [0.1, 0.15) is 41.4 Å². The number of carbonyl (C=O) groups is 1. The molecule has 3 nitrogen and oxygen atoms in total. The summed E-state index contributed by atoms with van der Waals surface area (Å²) in [6.45, 7) is 7.08. The Kier molecular flexibility index (Phi) is 3.93. The number of carbonyl (C=O) groups excluding carboxylic acids is 1. The number of H-pyrrole nitrogens is 1. The molecule has 3 heteroatoms. The highest BCUT2D eigenvalue weighted by Gasteiger charge is 2.16. The number of aromatic nitrogens is 1. The van der Waals surface area contributed by atoms with Gasteiger partial charge in [-0.05, 0) is 31.9 Å². The van der Waals surface area contributed by atoms with E-state index in [4.69, 9.17) is 0 Å². The number of aromatic amines is 1. The summed E-state index contributed by atoms with van der Waals surface area (Å²) in [5, 5.41) is 1.15. The fourth-order valence-corrected chi connectivity index (χ4v) is 2.36. The van der Waals surface area contributed by atoms with Crippen LogP contribution in [0.5, 0.6) is 0 Å². The first-order chi connectivity index (χ1) is 9.06. The van der Waals surface area contributed by atoms with E-state index in [1.165, 1.54) is 5.56 Å². The van der Waals surface area contributed by atoms with Crippen LogP contribution < -0.4 is 0 Å². The zero-order valence-corrected chi connectivity index (χ0v) is 12.2. The van der Waals surface area contributed by atoms with E-state index in [1.807, 2.05) is 31.0 Å². The average Bonchev–Trinajstić information content (AvgIpc) is 2.71. The number of nitrogens with one attached hydrogen (secondary N) is 1. The number of fused-ring (bicyclic) bond motifs is 1. The van der Waals surface area contributed by atoms with Gasteiger partial charge in [-0.2, -0.15) is 0 Å². The average molecular weight is 258 g/mol. The Bertz CT molecular complexity index is 598. The molecule has 0 unspecified atom stereocenters.